The lowest BCUT2D eigenvalue weighted by Crippen LogP contribution is -2.21. The Labute approximate surface area is 117 Å². The van der Waals surface area contributed by atoms with Crippen LogP contribution in [-0.2, 0) is 0 Å². The van der Waals surface area contributed by atoms with Gasteiger partial charge in [-0.15, -0.1) is 0 Å². The largest absolute Gasteiger partial charge is 0.0892 e. The van der Waals surface area contributed by atoms with Gasteiger partial charge in [0.05, 0.1) is 0 Å². The molecule has 0 N–H and O–H groups in total. The second-order valence-corrected chi connectivity index (χ2v) is 9.87. The van der Waals surface area contributed by atoms with Gasteiger partial charge < -0.3 is 0 Å². The first-order chi connectivity index (χ1) is 8.17. The molecule has 0 aliphatic heterocycles. The van der Waals surface area contributed by atoms with E-state index in [1.54, 1.807) is 10.6 Å². The van der Waals surface area contributed by atoms with Crippen molar-refractivity contribution < 1.29 is 0 Å². The van der Waals surface area contributed by atoms with Crippen LogP contribution in [0.15, 0.2) is 24.3 Å². The third-order valence-corrected chi connectivity index (χ3v) is 6.90. The highest BCUT2D eigenvalue weighted by atomic mass is 31.1. The van der Waals surface area contributed by atoms with Gasteiger partial charge in [0.25, 0.3) is 0 Å². The Morgan fingerprint density at radius 2 is 1.06 bits per heavy atom. The fourth-order valence-electron chi connectivity index (χ4n) is 1.51. The van der Waals surface area contributed by atoms with Crippen LogP contribution < -0.4 is 10.6 Å². The molecule has 0 amide bonds. The van der Waals surface area contributed by atoms with Crippen LogP contribution in [0.25, 0.3) is 0 Å². The summed E-state index contributed by atoms with van der Waals surface area (Å²) >= 11 is 0. The molecule has 0 saturated heterocycles. The van der Waals surface area contributed by atoms with Crippen molar-refractivity contribution in [1.82, 2.24) is 0 Å². The minimum absolute atomic E-state index is 0.443. The van der Waals surface area contributed by atoms with Crippen LogP contribution >= 0.6 is 17.2 Å². The Morgan fingerprint density at radius 3 is 1.33 bits per heavy atom. The Balaban J connectivity index is 2.68. The van der Waals surface area contributed by atoms with Crippen LogP contribution in [0.1, 0.15) is 41.5 Å². The van der Waals surface area contributed by atoms with Crippen molar-refractivity contribution in [1.29, 1.82) is 0 Å². The zero-order valence-electron chi connectivity index (χ0n) is 12.7. The molecule has 1 rings (SSSR count). The van der Waals surface area contributed by atoms with Crippen molar-refractivity contribution in [2.24, 2.45) is 10.8 Å². The van der Waals surface area contributed by atoms with Gasteiger partial charge >= 0.3 is 0 Å². The first-order valence-corrected chi connectivity index (χ1v) is 9.16. The highest BCUT2D eigenvalue weighted by Gasteiger charge is 2.14. The molecule has 0 spiro atoms. The average Bonchev–Trinajstić information content (AvgIpc) is 2.22. The van der Waals surface area contributed by atoms with Crippen molar-refractivity contribution in [3.05, 3.63) is 24.3 Å². The molecule has 18 heavy (non-hydrogen) atoms. The van der Waals surface area contributed by atoms with Crippen LogP contribution in [0.3, 0.4) is 0 Å². The number of hydrogen-bond donors (Lipinski definition) is 0. The van der Waals surface area contributed by atoms with E-state index in [0.29, 0.717) is 10.8 Å². The van der Waals surface area contributed by atoms with E-state index in [2.05, 4.69) is 65.8 Å². The molecule has 0 radical (unpaired) electrons. The molecule has 2 atom stereocenters. The number of rotatable bonds is 4. The van der Waals surface area contributed by atoms with E-state index in [4.69, 9.17) is 0 Å². The van der Waals surface area contributed by atoms with Crippen LogP contribution in [-0.4, -0.2) is 12.3 Å². The quantitative estimate of drug-likeness (QED) is 0.719. The summed E-state index contributed by atoms with van der Waals surface area (Å²) in [4.78, 5) is 0. The SMILES string of the molecule is CC(C)(C)CPc1ccccc1PCC(C)(C)C. The molecule has 2 heteroatoms. The van der Waals surface area contributed by atoms with Gasteiger partial charge in [-0.25, -0.2) is 0 Å². The minimum atomic E-state index is 0.443. The lowest BCUT2D eigenvalue weighted by atomic mass is 10.0. The van der Waals surface area contributed by atoms with Gasteiger partial charge in [-0.3, -0.25) is 0 Å². The third-order valence-electron chi connectivity index (χ3n) is 2.55. The van der Waals surface area contributed by atoms with E-state index >= 15 is 0 Å². The van der Waals surface area contributed by atoms with Crippen molar-refractivity contribution in [3.8, 4) is 0 Å². The van der Waals surface area contributed by atoms with E-state index in [1.165, 1.54) is 12.3 Å². The maximum atomic E-state index is 2.33. The molecule has 0 heterocycles. The van der Waals surface area contributed by atoms with E-state index in [0.717, 1.165) is 17.2 Å². The molecule has 0 fully saturated rings. The summed E-state index contributed by atoms with van der Waals surface area (Å²) in [5, 5.41) is 3.19. The molecule has 0 aliphatic carbocycles. The molecular weight excluding hydrogens is 254 g/mol. The van der Waals surface area contributed by atoms with Gasteiger partial charge in [0.15, 0.2) is 0 Å². The second-order valence-electron chi connectivity index (χ2n) is 7.37. The summed E-state index contributed by atoms with van der Waals surface area (Å²) in [6.45, 7) is 14.0. The normalized spacial score (nSPS) is 14.1. The van der Waals surface area contributed by atoms with E-state index in [-0.39, 0.29) is 0 Å². The molecule has 1 aromatic carbocycles. The Bertz CT molecular complexity index is 332. The predicted octanol–water partition coefficient (Wildman–Crippen LogP) is 4.39. The molecule has 102 valence electrons. The van der Waals surface area contributed by atoms with Crippen LogP contribution in [0.2, 0.25) is 0 Å². The smallest absolute Gasteiger partial charge is 0.0197 e. The lowest BCUT2D eigenvalue weighted by Gasteiger charge is -2.21. The zero-order chi connectivity index (χ0) is 13.8. The summed E-state index contributed by atoms with van der Waals surface area (Å²) in [5.74, 6) is 0. The zero-order valence-corrected chi connectivity index (χ0v) is 14.7. The lowest BCUT2D eigenvalue weighted by molar-refractivity contribution is 0.479. The Hall–Kier alpha value is 0.0800. The molecule has 0 aromatic heterocycles. The monoisotopic (exact) mass is 282 g/mol. The first kappa shape index (κ1) is 16.1. The van der Waals surface area contributed by atoms with Gasteiger partial charge in [-0.05, 0) is 33.8 Å². The fourth-order valence-corrected chi connectivity index (χ4v) is 4.46. The first-order valence-electron chi connectivity index (χ1n) is 6.74. The average molecular weight is 282 g/mol. The highest BCUT2D eigenvalue weighted by molar-refractivity contribution is 7.54. The molecule has 0 bridgehead atoms. The summed E-state index contributed by atoms with van der Waals surface area (Å²) in [7, 11) is 1.91. The molecule has 0 aliphatic rings. The van der Waals surface area contributed by atoms with Crippen molar-refractivity contribution in [2.75, 3.05) is 12.3 Å². The van der Waals surface area contributed by atoms with E-state index in [9.17, 15) is 0 Å². The molecule has 0 nitrogen and oxygen atoms in total. The molecule has 0 saturated carbocycles. The van der Waals surface area contributed by atoms with Crippen LogP contribution in [0, 0.1) is 10.8 Å². The fraction of sp³-hybridized carbons (Fsp3) is 0.625. The third kappa shape index (κ3) is 6.86. The van der Waals surface area contributed by atoms with Crippen LogP contribution in [0.4, 0.5) is 0 Å². The maximum Gasteiger partial charge on any atom is -0.0197 e. The van der Waals surface area contributed by atoms with Gasteiger partial charge in [-0.1, -0.05) is 83.0 Å². The van der Waals surface area contributed by atoms with Gasteiger partial charge in [0, 0.05) is 0 Å². The minimum Gasteiger partial charge on any atom is -0.0892 e. The molecule has 2 unspecified atom stereocenters. The molecule has 1 aromatic rings. The summed E-state index contributed by atoms with van der Waals surface area (Å²) < 4.78 is 0. The summed E-state index contributed by atoms with van der Waals surface area (Å²) in [5.41, 5.74) is 0.886. The summed E-state index contributed by atoms with van der Waals surface area (Å²) in [6.07, 6.45) is 2.59. The maximum absolute atomic E-state index is 2.33. The summed E-state index contributed by atoms with van der Waals surface area (Å²) in [6, 6.07) is 9.04. The van der Waals surface area contributed by atoms with Gasteiger partial charge in [0.1, 0.15) is 0 Å². The van der Waals surface area contributed by atoms with Crippen molar-refractivity contribution >= 4 is 27.8 Å². The topological polar surface area (TPSA) is 0 Å². The van der Waals surface area contributed by atoms with Crippen molar-refractivity contribution in [3.63, 3.8) is 0 Å². The van der Waals surface area contributed by atoms with E-state index in [1.807, 2.05) is 0 Å². The van der Waals surface area contributed by atoms with Crippen molar-refractivity contribution in [2.45, 2.75) is 41.5 Å². The van der Waals surface area contributed by atoms with Gasteiger partial charge in [-0.2, -0.15) is 0 Å². The molecular formula is C16H28P2. The Morgan fingerprint density at radius 1 is 0.722 bits per heavy atom. The Kier molecular flexibility index (Phi) is 5.82. The van der Waals surface area contributed by atoms with Crippen LogP contribution in [0.5, 0.6) is 0 Å². The van der Waals surface area contributed by atoms with Gasteiger partial charge in [0.2, 0.25) is 0 Å². The predicted molar refractivity (Wildman–Crippen MR) is 91.0 cm³/mol. The standard InChI is InChI=1S/C16H28P2/c1-15(2,3)11-17-13-9-7-8-10-14(13)18-12-16(4,5)6/h7-10,17-18H,11-12H2,1-6H3. The number of hydrogen-bond acceptors (Lipinski definition) is 0. The highest BCUT2D eigenvalue weighted by Crippen LogP contribution is 2.28. The van der Waals surface area contributed by atoms with E-state index < -0.39 is 0 Å². The number of benzene rings is 1. The second kappa shape index (κ2) is 6.49.